The third-order valence-corrected chi connectivity index (χ3v) is 4.71. The van der Waals surface area contributed by atoms with E-state index in [1.54, 1.807) is 0 Å². The summed E-state index contributed by atoms with van der Waals surface area (Å²) in [4.78, 5) is 7.04. The van der Waals surface area contributed by atoms with E-state index >= 15 is 0 Å². The Labute approximate surface area is 128 Å². The van der Waals surface area contributed by atoms with E-state index in [9.17, 15) is 0 Å². The summed E-state index contributed by atoms with van der Waals surface area (Å²) in [6.07, 6.45) is 6.26. The van der Waals surface area contributed by atoms with Crippen LogP contribution >= 0.6 is 15.9 Å². The first-order valence-electron chi connectivity index (χ1n) is 7.18. The van der Waals surface area contributed by atoms with Gasteiger partial charge in [0.15, 0.2) is 5.82 Å². The van der Waals surface area contributed by atoms with Gasteiger partial charge in [0.05, 0.1) is 5.69 Å². The number of anilines is 1. The van der Waals surface area contributed by atoms with Gasteiger partial charge in [-0.1, -0.05) is 36.7 Å². The summed E-state index contributed by atoms with van der Waals surface area (Å²) in [5.41, 5.74) is 2.29. The van der Waals surface area contributed by atoms with Crippen LogP contribution in [0, 0.1) is 0 Å². The molecule has 3 heterocycles. The van der Waals surface area contributed by atoms with Crippen LogP contribution in [0.1, 0.15) is 39.3 Å². The molecular weight excluding hydrogens is 316 g/mol. The Kier molecular flexibility index (Phi) is 3.48. The quantitative estimate of drug-likeness (QED) is 0.788. The van der Waals surface area contributed by atoms with E-state index in [2.05, 4.69) is 52.7 Å². The Balaban J connectivity index is 2.09. The molecule has 2 aromatic rings. The molecule has 0 radical (unpaired) electrons. The molecule has 3 rings (SSSR count). The molecule has 2 aromatic heterocycles. The van der Waals surface area contributed by atoms with E-state index in [0.29, 0.717) is 6.04 Å². The summed E-state index contributed by atoms with van der Waals surface area (Å²) in [7, 11) is 0. The minimum absolute atomic E-state index is 0.0587. The van der Waals surface area contributed by atoms with Crippen LogP contribution in [0.5, 0.6) is 0 Å². The lowest BCUT2D eigenvalue weighted by Gasteiger charge is -2.24. The van der Waals surface area contributed by atoms with E-state index in [-0.39, 0.29) is 5.41 Å². The summed E-state index contributed by atoms with van der Waals surface area (Å²) in [5.74, 6) is 1.07. The molecule has 108 valence electrons. The van der Waals surface area contributed by atoms with E-state index in [4.69, 9.17) is 5.10 Å². The predicted octanol–water partition coefficient (Wildman–Crippen LogP) is 3.39. The van der Waals surface area contributed by atoms with E-state index in [1.165, 1.54) is 12.8 Å². The molecule has 0 aliphatic carbocycles. The van der Waals surface area contributed by atoms with Crippen LogP contribution in [0.3, 0.4) is 0 Å². The highest BCUT2D eigenvalue weighted by Gasteiger charge is 2.27. The highest BCUT2D eigenvalue weighted by atomic mass is 79.9. The van der Waals surface area contributed by atoms with Gasteiger partial charge in [-0.15, -0.1) is 0 Å². The maximum absolute atomic E-state index is 4.71. The maximum Gasteiger partial charge on any atom is 0.154 e. The topological polar surface area (TPSA) is 33.4 Å². The van der Waals surface area contributed by atoms with Crippen LogP contribution in [0.4, 0.5) is 5.82 Å². The molecule has 0 aromatic carbocycles. The van der Waals surface area contributed by atoms with Gasteiger partial charge in [0.1, 0.15) is 5.52 Å². The number of alkyl halides is 1. The molecule has 0 amide bonds. The van der Waals surface area contributed by atoms with E-state index in [0.717, 1.165) is 28.9 Å². The summed E-state index contributed by atoms with van der Waals surface area (Å²) >= 11 is 3.62. The Hall–Kier alpha value is -1.10. The van der Waals surface area contributed by atoms with Gasteiger partial charge in [0, 0.05) is 35.7 Å². The average molecular weight is 337 g/mol. The first-order valence-corrected chi connectivity index (χ1v) is 8.30. The summed E-state index contributed by atoms with van der Waals surface area (Å²) in [5, 5.41) is 5.70. The zero-order chi connectivity index (χ0) is 14.3. The SMILES string of the molecule is CC(C)(C)c1cc2c(N3CCCC3CBr)nccn2n1. The number of nitrogens with zero attached hydrogens (tertiary/aromatic N) is 4. The van der Waals surface area contributed by atoms with Crippen molar-refractivity contribution in [3.63, 3.8) is 0 Å². The van der Waals surface area contributed by atoms with Crippen LogP contribution in [-0.2, 0) is 5.41 Å². The standard InChI is InChI=1S/C15H21BrN4/c1-15(2,3)13-9-12-14(17-6-8-20(12)18-13)19-7-4-5-11(19)10-16/h6,8-9,11H,4-5,7,10H2,1-3H3. The van der Waals surface area contributed by atoms with Crippen molar-refractivity contribution in [2.45, 2.75) is 45.1 Å². The smallest absolute Gasteiger partial charge is 0.154 e. The van der Waals surface area contributed by atoms with Crippen molar-refractivity contribution in [2.24, 2.45) is 0 Å². The second-order valence-electron chi connectivity index (χ2n) is 6.50. The fourth-order valence-corrected chi connectivity index (χ4v) is 3.44. The molecule has 0 bridgehead atoms. The van der Waals surface area contributed by atoms with Crippen molar-refractivity contribution in [1.29, 1.82) is 0 Å². The van der Waals surface area contributed by atoms with Gasteiger partial charge in [-0.05, 0) is 18.9 Å². The molecule has 1 fully saturated rings. The van der Waals surface area contributed by atoms with Crippen LogP contribution in [0.2, 0.25) is 0 Å². The normalized spacial score (nSPS) is 20.0. The molecule has 0 N–H and O–H groups in total. The predicted molar refractivity (Wildman–Crippen MR) is 85.8 cm³/mol. The Morgan fingerprint density at radius 2 is 2.20 bits per heavy atom. The van der Waals surface area contributed by atoms with Crippen molar-refractivity contribution < 1.29 is 0 Å². The second-order valence-corrected chi connectivity index (χ2v) is 7.15. The number of fused-ring (bicyclic) bond motifs is 1. The number of halogens is 1. The molecule has 1 aliphatic heterocycles. The van der Waals surface area contributed by atoms with Gasteiger partial charge >= 0.3 is 0 Å². The van der Waals surface area contributed by atoms with Gasteiger partial charge in [0.25, 0.3) is 0 Å². The van der Waals surface area contributed by atoms with E-state index < -0.39 is 0 Å². The first kappa shape index (κ1) is 13.9. The van der Waals surface area contributed by atoms with Crippen molar-refractivity contribution in [3.05, 3.63) is 24.2 Å². The van der Waals surface area contributed by atoms with Crippen LogP contribution in [0.25, 0.3) is 5.52 Å². The van der Waals surface area contributed by atoms with Gasteiger partial charge in [0.2, 0.25) is 0 Å². The lowest BCUT2D eigenvalue weighted by Crippen LogP contribution is -2.31. The van der Waals surface area contributed by atoms with Gasteiger partial charge in [-0.2, -0.15) is 5.10 Å². The molecule has 1 saturated heterocycles. The number of rotatable bonds is 2. The zero-order valence-electron chi connectivity index (χ0n) is 12.3. The third-order valence-electron chi connectivity index (χ3n) is 3.97. The van der Waals surface area contributed by atoms with Gasteiger partial charge < -0.3 is 4.90 Å². The highest BCUT2D eigenvalue weighted by Crippen LogP contribution is 2.30. The molecule has 20 heavy (non-hydrogen) atoms. The summed E-state index contributed by atoms with van der Waals surface area (Å²) in [6.45, 7) is 7.66. The monoisotopic (exact) mass is 336 g/mol. The van der Waals surface area contributed by atoms with Crippen LogP contribution < -0.4 is 4.90 Å². The molecule has 1 aliphatic rings. The molecule has 5 heteroatoms. The van der Waals surface area contributed by atoms with Crippen molar-refractivity contribution >= 4 is 27.3 Å². The Bertz CT molecular complexity index is 614. The largest absolute Gasteiger partial charge is 0.351 e. The van der Waals surface area contributed by atoms with Crippen molar-refractivity contribution in [1.82, 2.24) is 14.6 Å². The zero-order valence-corrected chi connectivity index (χ0v) is 13.9. The summed E-state index contributed by atoms with van der Waals surface area (Å²) in [6, 6.07) is 2.73. The molecule has 1 unspecified atom stereocenters. The molecule has 1 atom stereocenters. The fourth-order valence-electron chi connectivity index (χ4n) is 2.77. The van der Waals surface area contributed by atoms with Gasteiger partial charge in [-0.3, -0.25) is 0 Å². The molecule has 0 spiro atoms. The van der Waals surface area contributed by atoms with Crippen LogP contribution in [-0.4, -0.2) is 32.5 Å². The van der Waals surface area contributed by atoms with Crippen LogP contribution in [0.15, 0.2) is 18.5 Å². The first-order chi connectivity index (χ1) is 9.50. The van der Waals surface area contributed by atoms with Crippen molar-refractivity contribution in [3.8, 4) is 0 Å². The fraction of sp³-hybridized carbons (Fsp3) is 0.600. The van der Waals surface area contributed by atoms with Crippen molar-refractivity contribution in [2.75, 3.05) is 16.8 Å². The number of hydrogen-bond acceptors (Lipinski definition) is 3. The minimum Gasteiger partial charge on any atom is -0.351 e. The minimum atomic E-state index is 0.0587. The maximum atomic E-state index is 4.71. The lowest BCUT2D eigenvalue weighted by molar-refractivity contribution is 0.562. The van der Waals surface area contributed by atoms with Gasteiger partial charge in [-0.25, -0.2) is 9.50 Å². The Morgan fingerprint density at radius 1 is 1.40 bits per heavy atom. The second kappa shape index (κ2) is 5.02. The molecule has 4 nitrogen and oxygen atoms in total. The third kappa shape index (κ3) is 2.32. The Morgan fingerprint density at radius 3 is 2.90 bits per heavy atom. The number of hydrogen-bond donors (Lipinski definition) is 0. The lowest BCUT2D eigenvalue weighted by atomic mass is 9.92. The van der Waals surface area contributed by atoms with E-state index in [1.807, 2.05) is 16.9 Å². The molecular formula is C15H21BrN4. The highest BCUT2D eigenvalue weighted by molar-refractivity contribution is 9.09. The number of aromatic nitrogens is 3. The average Bonchev–Trinajstić information content (AvgIpc) is 3.03. The summed E-state index contributed by atoms with van der Waals surface area (Å²) < 4.78 is 1.96. The molecule has 0 saturated carbocycles.